The van der Waals surface area contributed by atoms with Crippen molar-refractivity contribution in [2.24, 2.45) is 22.5 Å². The van der Waals surface area contributed by atoms with Gasteiger partial charge in [-0.05, 0) is 68.0 Å². The lowest BCUT2D eigenvalue weighted by atomic mass is 9.56. The van der Waals surface area contributed by atoms with E-state index in [1.165, 1.54) is 5.56 Å². The molecule has 4 nitrogen and oxygen atoms in total. The third-order valence-corrected chi connectivity index (χ3v) is 7.24. The number of hydrogen-bond acceptors (Lipinski definition) is 3. The number of benzene rings is 1. The minimum atomic E-state index is -0.305. The number of amides is 1. The van der Waals surface area contributed by atoms with Crippen molar-refractivity contribution >= 4 is 23.2 Å². The van der Waals surface area contributed by atoms with Crippen LogP contribution in [0.2, 0.25) is 5.02 Å². The van der Waals surface area contributed by atoms with Gasteiger partial charge in [0.15, 0.2) is 0 Å². The highest BCUT2D eigenvalue weighted by atomic mass is 35.5. The Morgan fingerprint density at radius 3 is 2.79 bits per heavy atom. The number of nitrogens with two attached hydrogens (primary N) is 1. The number of carbonyl (C=O) groups is 1. The minimum absolute atomic E-state index is 0.00325. The molecule has 2 aliphatic heterocycles. The van der Waals surface area contributed by atoms with Crippen molar-refractivity contribution in [3.63, 3.8) is 0 Å². The van der Waals surface area contributed by atoms with Crippen LogP contribution >= 0.6 is 11.6 Å². The fourth-order valence-electron chi connectivity index (χ4n) is 5.70. The van der Waals surface area contributed by atoms with Crippen molar-refractivity contribution in [3.8, 4) is 0 Å². The summed E-state index contributed by atoms with van der Waals surface area (Å²) < 4.78 is 0. The van der Waals surface area contributed by atoms with Crippen LogP contribution in [0.5, 0.6) is 0 Å². The Balaban J connectivity index is 1.78. The van der Waals surface area contributed by atoms with Crippen LogP contribution in [0, 0.1) is 16.7 Å². The summed E-state index contributed by atoms with van der Waals surface area (Å²) in [5.74, 6) is 0.170. The molecule has 2 heterocycles. The molecule has 3 N–H and O–H groups in total. The zero-order chi connectivity index (χ0) is 20.1. The van der Waals surface area contributed by atoms with Crippen molar-refractivity contribution < 1.29 is 4.79 Å². The van der Waals surface area contributed by atoms with Crippen LogP contribution in [0.1, 0.15) is 32.3 Å². The number of nitrogens with zero attached hydrogens (tertiary/aromatic N) is 1. The lowest BCUT2D eigenvalue weighted by Gasteiger charge is -2.54. The van der Waals surface area contributed by atoms with Crippen LogP contribution in [0.15, 0.2) is 42.0 Å². The van der Waals surface area contributed by atoms with Crippen LogP contribution in [0.25, 0.3) is 0 Å². The van der Waals surface area contributed by atoms with E-state index < -0.39 is 0 Å². The van der Waals surface area contributed by atoms with Crippen LogP contribution in [-0.2, 0) is 11.2 Å². The molecule has 3 aliphatic rings. The molecule has 1 aliphatic carbocycles. The molecule has 0 spiro atoms. The van der Waals surface area contributed by atoms with Crippen LogP contribution < -0.4 is 11.1 Å². The molecule has 1 amide bonds. The van der Waals surface area contributed by atoms with Gasteiger partial charge in [0, 0.05) is 34.3 Å². The molecule has 0 saturated carbocycles. The number of halogens is 1. The fraction of sp³-hybridized carbons (Fsp3) is 0.522. The van der Waals surface area contributed by atoms with Gasteiger partial charge in [0.05, 0.1) is 0 Å². The highest BCUT2D eigenvalue weighted by Crippen LogP contribution is 2.54. The van der Waals surface area contributed by atoms with Crippen molar-refractivity contribution in [3.05, 3.63) is 52.6 Å². The second-order valence-electron chi connectivity index (χ2n) is 9.50. The first-order chi connectivity index (χ1) is 13.2. The molecule has 4 rings (SSSR count). The number of likely N-dealkylation sites (tertiary alicyclic amines) is 1. The number of fused-ring (bicyclic) bond motifs is 1. The molecule has 0 bridgehead atoms. The lowest BCUT2D eigenvalue weighted by molar-refractivity contribution is -0.115. The highest BCUT2D eigenvalue weighted by Gasteiger charge is 2.53. The number of carbonyl (C=O) groups excluding carboxylic acids is 1. The summed E-state index contributed by atoms with van der Waals surface area (Å²) in [6, 6.07) is 6.31. The molecule has 0 radical (unpaired) electrons. The molecule has 1 saturated heterocycles. The van der Waals surface area contributed by atoms with E-state index in [9.17, 15) is 4.79 Å². The average Bonchev–Trinajstić information content (AvgIpc) is 3.07. The molecule has 28 heavy (non-hydrogen) atoms. The summed E-state index contributed by atoms with van der Waals surface area (Å²) in [6.45, 7) is 6.78. The maximum absolute atomic E-state index is 12.1. The van der Waals surface area contributed by atoms with Gasteiger partial charge in [0.25, 0.3) is 0 Å². The second kappa shape index (κ2) is 6.93. The number of rotatable bonds is 3. The van der Waals surface area contributed by atoms with E-state index >= 15 is 0 Å². The number of allylic oxidation sites excluding steroid dienone is 2. The smallest absolute Gasteiger partial charge is 0.244 e. The Morgan fingerprint density at radius 2 is 2.11 bits per heavy atom. The molecular formula is C23H30ClN3O. The van der Waals surface area contributed by atoms with Crippen LogP contribution in [0.4, 0.5) is 5.69 Å². The summed E-state index contributed by atoms with van der Waals surface area (Å²) in [5, 5.41) is 4.64. The Morgan fingerprint density at radius 1 is 1.32 bits per heavy atom. The van der Waals surface area contributed by atoms with E-state index in [4.69, 9.17) is 17.3 Å². The first-order valence-electron chi connectivity index (χ1n) is 10.1. The first-order valence-corrected chi connectivity index (χ1v) is 10.5. The predicted octanol–water partition coefficient (Wildman–Crippen LogP) is 4.01. The number of nitrogens with one attached hydrogen (secondary N) is 1. The topological polar surface area (TPSA) is 58.4 Å². The standard InChI is InChI=1S/C23H30ClN3O/c1-22(2)12-16-11-18(24)6-7-19(16)26-21(22)23(17-8-10-27(3)14-17)9-4-5-15(13-23)20(25)28/h4-7,9,11,17,21,26H,8,10,12-14H2,1-3H3,(H2,25,28). The number of anilines is 1. The van der Waals surface area contributed by atoms with Crippen molar-refractivity contribution in [2.45, 2.75) is 39.2 Å². The summed E-state index contributed by atoms with van der Waals surface area (Å²) >= 11 is 6.25. The molecular weight excluding hydrogens is 370 g/mol. The zero-order valence-corrected chi connectivity index (χ0v) is 17.7. The van der Waals surface area contributed by atoms with Gasteiger partial charge in [-0.1, -0.05) is 43.7 Å². The van der Waals surface area contributed by atoms with Gasteiger partial charge in [-0.3, -0.25) is 4.79 Å². The maximum atomic E-state index is 12.1. The van der Waals surface area contributed by atoms with Crippen LogP contribution in [0.3, 0.4) is 0 Å². The largest absolute Gasteiger partial charge is 0.381 e. The monoisotopic (exact) mass is 399 g/mol. The van der Waals surface area contributed by atoms with Gasteiger partial charge in [0.2, 0.25) is 5.91 Å². The third kappa shape index (κ3) is 3.27. The summed E-state index contributed by atoms with van der Waals surface area (Å²) in [4.78, 5) is 14.5. The van der Waals surface area contributed by atoms with Gasteiger partial charge in [0.1, 0.15) is 0 Å². The molecule has 1 aromatic carbocycles. The van der Waals surface area contributed by atoms with E-state index in [1.54, 1.807) is 0 Å². The van der Waals surface area contributed by atoms with Crippen molar-refractivity contribution in [1.29, 1.82) is 0 Å². The average molecular weight is 400 g/mol. The Kier molecular flexibility index (Phi) is 4.83. The van der Waals surface area contributed by atoms with Gasteiger partial charge in [-0.25, -0.2) is 0 Å². The van der Waals surface area contributed by atoms with Gasteiger partial charge in [-0.2, -0.15) is 0 Å². The lowest BCUT2D eigenvalue weighted by Crippen LogP contribution is -2.56. The molecule has 5 heteroatoms. The Labute approximate surface area is 172 Å². The SMILES string of the molecule is CN1CCC(C2(C3Nc4ccc(Cl)cc4CC3(C)C)C=CC=C(C(N)=O)C2)C1. The maximum Gasteiger partial charge on any atom is 0.244 e. The Hall–Kier alpha value is -1.78. The summed E-state index contributed by atoms with van der Waals surface area (Å²) in [5.41, 5.74) is 8.72. The van der Waals surface area contributed by atoms with E-state index in [-0.39, 0.29) is 22.8 Å². The molecule has 1 fully saturated rings. The molecule has 0 aromatic heterocycles. The van der Waals surface area contributed by atoms with E-state index in [1.807, 2.05) is 12.1 Å². The summed E-state index contributed by atoms with van der Waals surface area (Å²) in [7, 11) is 2.18. The molecule has 150 valence electrons. The first kappa shape index (κ1) is 19.5. The highest BCUT2D eigenvalue weighted by molar-refractivity contribution is 6.30. The number of primary amides is 1. The quantitative estimate of drug-likeness (QED) is 0.807. The van der Waals surface area contributed by atoms with E-state index in [2.05, 4.69) is 55.4 Å². The predicted molar refractivity (Wildman–Crippen MR) is 115 cm³/mol. The van der Waals surface area contributed by atoms with Crippen LogP contribution in [-0.4, -0.2) is 37.0 Å². The Bertz CT molecular complexity index is 859. The van der Waals surface area contributed by atoms with Gasteiger partial charge in [-0.15, -0.1) is 0 Å². The molecule has 3 atom stereocenters. The zero-order valence-electron chi connectivity index (χ0n) is 17.0. The van der Waals surface area contributed by atoms with Gasteiger partial charge >= 0.3 is 0 Å². The number of hydrogen-bond donors (Lipinski definition) is 2. The van der Waals surface area contributed by atoms with E-state index in [0.29, 0.717) is 12.3 Å². The summed E-state index contributed by atoms with van der Waals surface area (Å²) in [6.07, 6.45) is 9.08. The minimum Gasteiger partial charge on any atom is -0.381 e. The molecule has 1 aromatic rings. The van der Waals surface area contributed by atoms with E-state index in [0.717, 1.165) is 42.2 Å². The molecule has 3 unspecified atom stereocenters. The fourth-order valence-corrected chi connectivity index (χ4v) is 5.90. The second-order valence-corrected chi connectivity index (χ2v) is 9.93. The third-order valence-electron chi connectivity index (χ3n) is 7.00. The van der Waals surface area contributed by atoms with Crippen molar-refractivity contribution in [1.82, 2.24) is 4.90 Å². The van der Waals surface area contributed by atoms with Crippen molar-refractivity contribution in [2.75, 3.05) is 25.5 Å². The van der Waals surface area contributed by atoms with Gasteiger partial charge < -0.3 is 16.0 Å². The normalized spacial score (nSPS) is 31.8.